The fourth-order valence-electron chi connectivity index (χ4n) is 18.9. The largest absolute Gasteiger partial charge is 0.405 e. The number of carbonyl (C=O) groups excluding carboxylic acids is 1. The Labute approximate surface area is 518 Å². The Hall–Kier alpha value is -3.54. The van der Waals surface area contributed by atoms with Gasteiger partial charge in [-0.05, 0) is 116 Å². The zero-order valence-electron chi connectivity index (χ0n) is 52.9. The summed E-state index contributed by atoms with van der Waals surface area (Å²) < 4.78 is 55.5. The molecule has 14 nitrogen and oxygen atoms in total. The van der Waals surface area contributed by atoms with E-state index in [0.717, 1.165) is 65.9 Å². The lowest BCUT2D eigenvalue weighted by Crippen LogP contribution is -2.69. The molecule has 8 fully saturated rings. The predicted molar refractivity (Wildman–Crippen MR) is 336 cm³/mol. The van der Waals surface area contributed by atoms with Crippen molar-refractivity contribution in [3.05, 3.63) is 121 Å². The minimum Gasteiger partial charge on any atom is -0.405 e. The molecule has 4 aliphatic carbocycles. The van der Waals surface area contributed by atoms with Gasteiger partial charge in [-0.2, -0.15) is 0 Å². The molecule has 3 unspecified atom stereocenters. The molecule has 12 rings (SSSR count). The van der Waals surface area contributed by atoms with Crippen molar-refractivity contribution in [3.8, 4) is 0 Å². The van der Waals surface area contributed by atoms with E-state index in [0.29, 0.717) is 36.9 Å². The smallest absolute Gasteiger partial charge is 0.261 e. The van der Waals surface area contributed by atoms with Crippen molar-refractivity contribution < 1.29 is 67.6 Å². The van der Waals surface area contributed by atoms with E-state index in [4.69, 9.17) is 37.3 Å². The van der Waals surface area contributed by atoms with Crippen molar-refractivity contribution in [2.24, 2.45) is 52.3 Å². The first-order valence-electron chi connectivity index (χ1n) is 32.7. The molecule has 22 atom stereocenters. The van der Waals surface area contributed by atoms with Crippen LogP contribution in [0.15, 0.2) is 121 Å². The summed E-state index contributed by atoms with van der Waals surface area (Å²) in [5.41, 5.74) is -0.368. The average Bonchev–Trinajstić information content (AvgIpc) is 1.59. The molecule has 4 aliphatic heterocycles. The fraction of sp³-hybridized carbons (Fsp3) is 0.648. The molecule has 87 heavy (non-hydrogen) atoms. The Balaban J connectivity index is 0.801. The van der Waals surface area contributed by atoms with Crippen LogP contribution in [0.25, 0.3) is 0 Å². The minimum atomic E-state index is -3.27. The Morgan fingerprint density at radius 3 is 1.60 bits per heavy atom. The highest BCUT2D eigenvalue weighted by Gasteiger charge is 2.71. The van der Waals surface area contributed by atoms with E-state index in [2.05, 4.69) is 118 Å². The van der Waals surface area contributed by atoms with E-state index in [9.17, 15) is 25.5 Å². The maximum Gasteiger partial charge on any atom is 0.261 e. The van der Waals surface area contributed by atoms with E-state index in [1.165, 1.54) is 0 Å². The van der Waals surface area contributed by atoms with Gasteiger partial charge in [0.25, 0.3) is 16.6 Å². The normalized spacial score (nSPS) is 40.7. The molecule has 4 heterocycles. The molecule has 5 N–H and O–H groups in total. The average molecular weight is 1230 g/mol. The molecule has 474 valence electrons. The number of aliphatic hydroxyl groups excluding tert-OH is 5. The Kier molecular flexibility index (Phi) is 17.7. The van der Waals surface area contributed by atoms with Crippen LogP contribution in [-0.4, -0.2) is 147 Å². The molecule has 0 radical (unpaired) electrons. The summed E-state index contributed by atoms with van der Waals surface area (Å²) >= 11 is 0. The molecule has 1 spiro atoms. The summed E-state index contributed by atoms with van der Waals surface area (Å²) in [6, 6.07) is 40.5. The third-order valence-corrected chi connectivity index (χ3v) is 33.3. The van der Waals surface area contributed by atoms with Crippen molar-refractivity contribution >= 4 is 43.2 Å². The quantitative estimate of drug-likeness (QED) is 0.0607. The summed E-state index contributed by atoms with van der Waals surface area (Å²) in [5, 5.41) is 63.5. The number of ether oxygens (including phenoxy) is 6. The molecular weight excluding hydrogens is 1130 g/mol. The number of hydrogen-bond acceptors (Lipinski definition) is 14. The molecule has 0 amide bonds. The van der Waals surface area contributed by atoms with E-state index in [1.807, 2.05) is 72.8 Å². The first-order valence-corrected chi connectivity index (χ1v) is 36.5. The Morgan fingerprint density at radius 1 is 0.575 bits per heavy atom. The van der Waals surface area contributed by atoms with Gasteiger partial charge >= 0.3 is 0 Å². The van der Waals surface area contributed by atoms with E-state index in [1.54, 1.807) is 0 Å². The van der Waals surface area contributed by atoms with Crippen LogP contribution < -0.4 is 20.7 Å². The lowest BCUT2D eigenvalue weighted by molar-refractivity contribution is -0.363. The molecule has 4 saturated heterocycles. The summed E-state index contributed by atoms with van der Waals surface area (Å²) in [6.07, 6.45) is -7.74. The lowest BCUT2D eigenvalue weighted by Gasteiger charge is -2.60. The predicted octanol–water partition coefficient (Wildman–Crippen LogP) is 7.79. The number of hydrogen-bond donors (Lipinski definition) is 5. The van der Waals surface area contributed by atoms with Crippen molar-refractivity contribution in [1.82, 2.24) is 0 Å². The second kappa shape index (κ2) is 24.2. The molecule has 4 aromatic carbocycles. The number of aliphatic hydroxyl groups is 5. The van der Waals surface area contributed by atoms with E-state index < -0.39 is 93.9 Å². The van der Waals surface area contributed by atoms with Gasteiger partial charge in [0.15, 0.2) is 18.4 Å². The topological polar surface area (TPSA) is 192 Å². The number of ketones is 1. The van der Waals surface area contributed by atoms with Gasteiger partial charge < -0.3 is 62.8 Å². The number of fused-ring (bicyclic) bond motifs is 7. The van der Waals surface area contributed by atoms with Crippen LogP contribution in [0.5, 0.6) is 0 Å². The Morgan fingerprint density at radius 2 is 1.08 bits per heavy atom. The maximum atomic E-state index is 15.0. The van der Waals surface area contributed by atoms with Gasteiger partial charge in [0.2, 0.25) is 0 Å². The Bertz CT molecular complexity index is 2900. The standard InChI is InChI=1S/C71H98O14Si2/c1-43-33-36-71(78-40-43)44(2)57-54(85-71)38-52-51-32-31-45-37-46(34-35-69(45,9)58(51)53(72)39-70(52,57)10)81-65-63(77)61(75)64(56(83-65)42-80-87(68(6,7)8,49-27-19-13-20-28-49)50-29-21-14-22-30-50)84-66-62(76)60(74)59(73)55(82-66)41-79-86(67(3,4)5,47-23-15-11-16-24-47)48-25-17-12-18-26-48/h11-30,43-46,51-52,54-66,73-77H,31-42H2,1-10H3/t43-,44?,45+,46+,51+,52+,54?,55-,56-,57?,58-,59-,60+,61-,62-,63-,64-,65-,66+,69+,70+,71-/m1/s1. The maximum absolute atomic E-state index is 15.0. The van der Waals surface area contributed by atoms with Crippen LogP contribution in [0, 0.1) is 52.3 Å². The van der Waals surface area contributed by atoms with Gasteiger partial charge in [-0.3, -0.25) is 4.79 Å². The highest BCUT2D eigenvalue weighted by molar-refractivity contribution is 7.00. The van der Waals surface area contributed by atoms with Crippen LogP contribution in [0.4, 0.5) is 0 Å². The van der Waals surface area contributed by atoms with E-state index >= 15 is 4.79 Å². The van der Waals surface area contributed by atoms with Gasteiger partial charge in [0.1, 0.15) is 54.6 Å². The van der Waals surface area contributed by atoms with Gasteiger partial charge in [-0.15, -0.1) is 0 Å². The van der Waals surface area contributed by atoms with Crippen LogP contribution in [0.1, 0.15) is 127 Å². The third kappa shape index (κ3) is 10.9. The van der Waals surface area contributed by atoms with Crippen molar-refractivity contribution in [3.63, 3.8) is 0 Å². The third-order valence-electron chi connectivity index (χ3n) is 23.3. The number of benzene rings is 4. The summed E-state index contributed by atoms with van der Waals surface area (Å²) in [4.78, 5) is 15.0. The first kappa shape index (κ1) is 63.6. The van der Waals surface area contributed by atoms with Gasteiger partial charge in [0, 0.05) is 24.7 Å². The van der Waals surface area contributed by atoms with Crippen molar-refractivity contribution in [2.75, 3.05) is 19.8 Å². The van der Waals surface area contributed by atoms with Gasteiger partial charge in [0.05, 0.1) is 32.0 Å². The number of rotatable bonds is 14. The molecule has 8 aliphatic rings. The fourth-order valence-corrected chi connectivity index (χ4v) is 28.1. The number of carbonyl (C=O) groups is 1. The first-order chi connectivity index (χ1) is 41.4. The lowest BCUT2D eigenvalue weighted by atomic mass is 9.44. The highest BCUT2D eigenvalue weighted by atomic mass is 28.4. The van der Waals surface area contributed by atoms with E-state index in [-0.39, 0.29) is 65.8 Å². The van der Waals surface area contributed by atoms with Crippen LogP contribution in [0.3, 0.4) is 0 Å². The molecule has 0 bridgehead atoms. The van der Waals surface area contributed by atoms with Crippen LogP contribution in [-0.2, 0) is 42.1 Å². The monoisotopic (exact) mass is 1230 g/mol. The molecule has 4 saturated carbocycles. The molecule has 4 aromatic rings. The van der Waals surface area contributed by atoms with Crippen LogP contribution >= 0.6 is 0 Å². The van der Waals surface area contributed by atoms with Crippen molar-refractivity contribution in [2.45, 2.75) is 217 Å². The van der Waals surface area contributed by atoms with Crippen LogP contribution in [0.2, 0.25) is 10.1 Å². The second-order valence-corrected chi connectivity index (χ2v) is 38.9. The number of Topliss-reactive ketones (excluding diaryl/α,β-unsaturated/α-hetero) is 1. The molecule has 0 aromatic heterocycles. The highest BCUT2D eigenvalue weighted by Crippen LogP contribution is 2.71. The van der Waals surface area contributed by atoms with Gasteiger partial charge in [-0.1, -0.05) is 191 Å². The molecule has 16 heteroatoms. The summed E-state index contributed by atoms with van der Waals surface area (Å²) in [7, 11) is -6.46. The second-order valence-electron chi connectivity index (χ2n) is 30.3. The summed E-state index contributed by atoms with van der Waals surface area (Å²) in [6.45, 7) is 22.7. The SMILES string of the molecule is CC1C2C(C[C@H]3[C@@H]4CC[C@H]5C[C@@H](O[C@@H]6O[C@H](CO[Si](c7ccccc7)(c7ccccc7)C(C)(C)C)[C@@H](O[C@@H]7O[C@H](CO[Si](c8ccccc8)(c8ccccc8)C(C)(C)C)[C@@H](O)[C@H](O)[C@H]7O)[C@H](O)[C@H]6O)CC[C@]5(C)[C@H]4C(=O)C[C@]23C)O[C@]12CC[C@@H](C)CO2. The van der Waals surface area contributed by atoms with Gasteiger partial charge in [-0.25, -0.2) is 0 Å². The van der Waals surface area contributed by atoms with Crippen molar-refractivity contribution in [1.29, 1.82) is 0 Å². The molecular formula is C71H98O14Si2. The summed E-state index contributed by atoms with van der Waals surface area (Å²) in [5.74, 6) is 1.72. The zero-order chi connectivity index (χ0) is 61.6. The zero-order valence-corrected chi connectivity index (χ0v) is 54.9. The minimum absolute atomic E-state index is 0.0524.